The zero-order valence-corrected chi connectivity index (χ0v) is 29.7. The highest BCUT2D eigenvalue weighted by Crippen LogP contribution is 2.13. The van der Waals surface area contributed by atoms with E-state index in [1.165, 1.54) is 45.0 Å². The fourth-order valence-electron chi connectivity index (χ4n) is 4.86. The van der Waals surface area contributed by atoms with Crippen molar-refractivity contribution in [1.29, 1.82) is 0 Å². The Morgan fingerprint density at radius 2 is 1.12 bits per heavy atom. The maximum absolute atomic E-state index is 13.4. The summed E-state index contributed by atoms with van der Waals surface area (Å²) in [6.07, 6.45) is -3.51. The number of aliphatic hydroxyl groups excluding tert-OH is 3. The molecule has 0 heterocycles. The summed E-state index contributed by atoms with van der Waals surface area (Å²) in [5, 5.41) is 61.7. The molecule has 0 saturated carbocycles. The van der Waals surface area contributed by atoms with Gasteiger partial charge in [0.15, 0.2) is 0 Å². The second-order valence-corrected chi connectivity index (χ2v) is 13.0. The molecule has 0 radical (unpaired) electrons. The molecule has 0 bridgehead atoms. The lowest BCUT2D eigenvalue weighted by Crippen LogP contribution is -2.63. The molecule has 1 aromatic carbocycles. The van der Waals surface area contributed by atoms with Crippen LogP contribution in [-0.4, -0.2) is 122 Å². The molecule has 0 aromatic heterocycles. The van der Waals surface area contributed by atoms with E-state index in [1.807, 2.05) is 0 Å². The van der Waals surface area contributed by atoms with Gasteiger partial charge in [0.25, 0.3) is 0 Å². The van der Waals surface area contributed by atoms with Gasteiger partial charge in [-0.05, 0) is 76.6 Å². The van der Waals surface area contributed by atoms with Crippen LogP contribution >= 0.6 is 0 Å². The molecule has 0 aliphatic carbocycles. The van der Waals surface area contributed by atoms with Gasteiger partial charge in [0.05, 0.1) is 18.3 Å². The van der Waals surface area contributed by atoms with E-state index in [4.69, 9.17) is 11.5 Å². The van der Waals surface area contributed by atoms with Crippen molar-refractivity contribution in [2.45, 2.75) is 121 Å². The van der Waals surface area contributed by atoms with Crippen LogP contribution in [0.5, 0.6) is 5.75 Å². The molecule has 0 saturated heterocycles. The summed E-state index contributed by atoms with van der Waals surface area (Å²) >= 11 is 0. The summed E-state index contributed by atoms with van der Waals surface area (Å²) < 4.78 is 0. The van der Waals surface area contributed by atoms with Gasteiger partial charge in [0.2, 0.25) is 29.5 Å². The molecule has 9 atom stereocenters. The summed E-state index contributed by atoms with van der Waals surface area (Å²) in [5.74, 6) is -6.17. The molecular formula is C33H55N7O11. The highest BCUT2D eigenvalue weighted by atomic mass is 16.4. The van der Waals surface area contributed by atoms with Gasteiger partial charge >= 0.3 is 5.97 Å². The third-order valence-corrected chi connectivity index (χ3v) is 7.86. The Labute approximate surface area is 297 Å². The van der Waals surface area contributed by atoms with Crippen molar-refractivity contribution in [2.24, 2.45) is 17.4 Å². The third-order valence-electron chi connectivity index (χ3n) is 7.86. The molecule has 51 heavy (non-hydrogen) atoms. The molecule has 0 aliphatic heterocycles. The van der Waals surface area contributed by atoms with Crippen LogP contribution in [0.3, 0.4) is 0 Å². The van der Waals surface area contributed by atoms with Crippen LogP contribution in [0, 0.1) is 5.92 Å². The van der Waals surface area contributed by atoms with Crippen LogP contribution in [0.15, 0.2) is 24.3 Å². The van der Waals surface area contributed by atoms with Gasteiger partial charge in [-0.3, -0.25) is 24.0 Å². The number of aromatic hydroxyl groups is 1. The predicted octanol–water partition coefficient (Wildman–Crippen LogP) is -2.91. The summed E-state index contributed by atoms with van der Waals surface area (Å²) in [7, 11) is 0. The van der Waals surface area contributed by atoms with Crippen molar-refractivity contribution in [2.75, 3.05) is 6.54 Å². The lowest BCUT2D eigenvalue weighted by atomic mass is 10.0. The molecule has 18 nitrogen and oxygen atoms in total. The normalized spacial score (nSPS) is 16.6. The SMILES string of the molecule is CC(C)C[C@H](NC(=O)[C@@H](N)[C@@H](C)O)C(=O)N[C@H](C(=O)N[C@H](C(=O)N[C@@H](CCCCN)C(=O)N[C@@H](Cc1ccc(O)cc1)C(=O)O)[C@@H](C)O)[C@@H](C)O. The molecule has 0 fully saturated rings. The van der Waals surface area contributed by atoms with Crippen LogP contribution in [-0.2, 0) is 35.2 Å². The number of amides is 5. The minimum Gasteiger partial charge on any atom is -0.508 e. The second kappa shape index (κ2) is 21.8. The van der Waals surface area contributed by atoms with Gasteiger partial charge < -0.3 is 63.6 Å². The number of rotatable bonds is 22. The van der Waals surface area contributed by atoms with E-state index in [9.17, 15) is 54.3 Å². The van der Waals surface area contributed by atoms with E-state index in [-0.39, 0.29) is 37.5 Å². The van der Waals surface area contributed by atoms with Crippen LogP contribution < -0.4 is 38.1 Å². The highest BCUT2D eigenvalue weighted by molar-refractivity contribution is 5.96. The Kier molecular flexibility index (Phi) is 19.1. The highest BCUT2D eigenvalue weighted by Gasteiger charge is 2.36. The number of nitrogens with two attached hydrogens (primary N) is 2. The van der Waals surface area contributed by atoms with Crippen LogP contribution in [0.25, 0.3) is 0 Å². The van der Waals surface area contributed by atoms with E-state index < -0.39 is 90.1 Å². The number of aliphatic hydroxyl groups is 3. The number of carboxylic acids is 1. The molecule has 14 N–H and O–H groups in total. The summed E-state index contributed by atoms with van der Waals surface area (Å²) in [6.45, 7) is 7.48. The molecule has 18 heteroatoms. The molecular weight excluding hydrogens is 670 g/mol. The van der Waals surface area contributed by atoms with Crippen molar-refractivity contribution in [3.8, 4) is 5.75 Å². The van der Waals surface area contributed by atoms with Gasteiger partial charge in [0.1, 0.15) is 42.0 Å². The van der Waals surface area contributed by atoms with Crippen LogP contribution in [0.2, 0.25) is 0 Å². The van der Waals surface area contributed by atoms with E-state index in [0.717, 1.165) is 0 Å². The number of unbranched alkanes of at least 4 members (excludes halogenated alkanes) is 1. The monoisotopic (exact) mass is 725 g/mol. The molecule has 0 aliphatic rings. The van der Waals surface area contributed by atoms with Crippen molar-refractivity contribution in [3.63, 3.8) is 0 Å². The van der Waals surface area contributed by atoms with Gasteiger partial charge in [-0.15, -0.1) is 0 Å². The first-order chi connectivity index (χ1) is 23.8. The molecule has 1 aromatic rings. The van der Waals surface area contributed by atoms with E-state index in [0.29, 0.717) is 18.4 Å². The fourth-order valence-corrected chi connectivity index (χ4v) is 4.86. The van der Waals surface area contributed by atoms with E-state index in [1.54, 1.807) is 13.8 Å². The lowest BCUT2D eigenvalue weighted by Gasteiger charge is -2.29. The lowest BCUT2D eigenvalue weighted by molar-refractivity contribution is -0.142. The summed E-state index contributed by atoms with van der Waals surface area (Å²) in [4.78, 5) is 77.8. The minimum absolute atomic E-state index is 0.0226. The van der Waals surface area contributed by atoms with E-state index >= 15 is 0 Å². The standard InChI is InChI=1S/C33H55N7O11/c1-16(2)14-23(37-30(47)25(35)17(3)41)29(46)39-27(19(5)43)32(49)40-26(18(4)42)31(48)36-22(8-6-7-13-34)28(45)38-24(33(50)51)15-20-9-11-21(44)12-10-20/h9-12,16-19,22-27,41-44H,6-8,13-15,34-35H2,1-5H3,(H,36,48)(H,37,47)(H,38,45)(H,39,46)(H,40,49)(H,50,51)/t17-,18-,19-,22+,23+,24+,25+,26+,27+/m1/s1. The van der Waals surface area contributed by atoms with Crippen molar-refractivity contribution in [1.82, 2.24) is 26.6 Å². The average Bonchev–Trinajstić information content (AvgIpc) is 3.04. The van der Waals surface area contributed by atoms with Crippen molar-refractivity contribution >= 4 is 35.5 Å². The molecule has 0 spiro atoms. The average molecular weight is 726 g/mol. The van der Waals surface area contributed by atoms with Crippen molar-refractivity contribution in [3.05, 3.63) is 29.8 Å². The Balaban J connectivity index is 3.18. The maximum atomic E-state index is 13.4. The topological polar surface area (TPSA) is 316 Å². The number of hydrogen-bond acceptors (Lipinski definition) is 12. The number of carboxylic acid groups (broad SMARTS) is 1. The van der Waals surface area contributed by atoms with E-state index in [2.05, 4.69) is 26.6 Å². The summed E-state index contributed by atoms with van der Waals surface area (Å²) in [5.41, 5.74) is 11.8. The number of aliphatic carboxylic acids is 1. The predicted molar refractivity (Wildman–Crippen MR) is 184 cm³/mol. The van der Waals surface area contributed by atoms with Gasteiger partial charge in [-0.25, -0.2) is 4.79 Å². The zero-order chi connectivity index (χ0) is 39.0. The number of carbonyl (C=O) groups is 6. The largest absolute Gasteiger partial charge is 0.508 e. The number of benzene rings is 1. The molecule has 288 valence electrons. The first-order valence-corrected chi connectivity index (χ1v) is 16.8. The Hall–Kier alpha value is -4.36. The van der Waals surface area contributed by atoms with Crippen LogP contribution in [0.1, 0.15) is 65.9 Å². The van der Waals surface area contributed by atoms with Gasteiger partial charge in [0, 0.05) is 6.42 Å². The summed E-state index contributed by atoms with van der Waals surface area (Å²) in [6, 6.07) is -2.97. The fraction of sp³-hybridized carbons (Fsp3) is 0.636. The second-order valence-electron chi connectivity index (χ2n) is 13.0. The zero-order valence-electron chi connectivity index (χ0n) is 29.7. The number of phenolic OH excluding ortho intramolecular Hbond substituents is 1. The quantitative estimate of drug-likeness (QED) is 0.0534. The first-order valence-electron chi connectivity index (χ1n) is 16.8. The number of nitrogens with one attached hydrogen (secondary N) is 5. The Bertz CT molecular complexity index is 1310. The number of hydrogen-bond donors (Lipinski definition) is 12. The van der Waals surface area contributed by atoms with Crippen LogP contribution in [0.4, 0.5) is 0 Å². The Morgan fingerprint density at radius 1 is 0.647 bits per heavy atom. The molecule has 1 rings (SSSR count). The van der Waals surface area contributed by atoms with Crippen molar-refractivity contribution < 1.29 is 54.3 Å². The maximum Gasteiger partial charge on any atom is 0.326 e. The van der Waals surface area contributed by atoms with Gasteiger partial charge in [-0.2, -0.15) is 0 Å². The minimum atomic E-state index is -1.71. The number of phenols is 1. The molecule has 0 unspecified atom stereocenters. The number of carbonyl (C=O) groups excluding carboxylic acids is 5. The Morgan fingerprint density at radius 3 is 1.59 bits per heavy atom. The smallest absolute Gasteiger partial charge is 0.326 e. The third kappa shape index (κ3) is 15.6. The van der Waals surface area contributed by atoms with Gasteiger partial charge in [-0.1, -0.05) is 26.0 Å². The first kappa shape index (κ1) is 44.7. The molecule has 5 amide bonds.